The van der Waals surface area contributed by atoms with Crippen molar-refractivity contribution in [1.82, 2.24) is 14.5 Å². The molecule has 1 N–H and O–H groups in total. The first-order valence-electron chi connectivity index (χ1n) is 12.4. The van der Waals surface area contributed by atoms with Gasteiger partial charge in [-0.3, -0.25) is 9.36 Å². The molecule has 0 spiro atoms. The number of rotatable bonds is 5. The summed E-state index contributed by atoms with van der Waals surface area (Å²) < 4.78 is 48.1. The first kappa shape index (κ1) is 27.2. The van der Waals surface area contributed by atoms with Crippen LogP contribution in [0.25, 0.3) is 16.6 Å². The quantitative estimate of drug-likeness (QED) is 0.426. The van der Waals surface area contributed by atoms with Gasteiger partial charge in [0.25, 0.3) is 12.0 Å². The van der Waals surface area contributed by atoms with Crippen molar-refractivity contribution in [2.24, 2.45) is 7.05 Å². The molecule has 1 aromatic carbocycles. The third-order valence-corrected chi connectivity index (χ3v) is 6.45. The molecule has 3 aromatic rings. The lowest BCUT2D eigenvalue weighted by Gasteiger charge is -2.29. The molecule has 0 fully saturated rings. The number of benzene rings is 1. The number of aromatic nitrogens is 2. The van der Waals surface area contributed by atoms with Gasteiger partial charge in [0.15, 0.2) is 0 Å². The molecule has 3 heterocycles. The molecular formula is C28H31F3N4O3. The van der Waals surface area contributed by atoms with E-state index >= 15 is 0 Å². The minimum absolute atomic E-state index is 0.107. The predicted molar refractivity (Wildman–Crippen MR) is 141 cm³/mol. The van der Waals surface area contributed by atoms with E-state index < -0.39 is 35.5 Å². The van der Waals surface area contributed by atoms with E-state index in [9.17, 15) is 22.8 Å². The van der Waals surface area contributed by atoms with Gasteiger partial charge >= 0.3 is 6.09 Å². The molecule has 1 amide bonds. The smallest absolute Gasteiger partial charge is 0.410 e. The van der Waals surface area contributed by atoms with E-state index in [1.165, 1.54) is 22.9 Å². The van der Waals surface area contributed by atoms with E-state index in [0.29, 0.717) is 41.8 Å². The second kappa shape index (κ2) is 10.5. The Morgan fingerprint density at radius 1 is 1.18 bits per heavy atom. The maximum absolute atomic E-state index is 14.8. The minimum Gasteiger partial charge on any atom is -0.444 e. The van der Waals surface area contributed by atoms with Crippen LogP contribution in [0, 0.1) is 5.82 Å². The number of ether oxygens (including phenoxy) is 1. The Kier molecular flexibility index (Phi) is 7.53. The van der Waals surface area contributed by atoms with Crippen LogP contribution in [0.15, 0.2) is 47.4 Å². The molecule has 4 rings (SSSR count). The van der Waals surface area contributed by atoms with E-state index in [1.54, 1.807) is 51.8 Å². The maximum atomic E-state index is 14.8. The van der Waals surface area contributed by atoms with E-state index in [1.807, 2.05) is 6.08 Å². The van der Waals surface area contributed by atoms with Gasteiger partial charge in [-0.05, 0) is 51.8 Å². The van der Waals surface area contributed by atoms with Crippen LogP contribution < -0.4 is 10.9 Å². The lowest BCUT2D eigenvalue weighted by molar-refractivity contribution is 0.0270. The molecule has 0 bridgehead atoms. The van der Waals surface area contributed by atoms with Gasteiger partial charge in [0, 0.05) is 48.5 Å². The van der Waals surface area contributed by atoms with E-state index in [0.717, 1.165) is 11.6 Å². The van der Waals surface area contributed by atoms with E-state index in [2.05, 4.69) is 10.3 Å². The van der Waals surface area contributed by atoms with Crippen LogP contribution >= 0.6 is 0 Å². The van der Waals surface area contributed by atoms with Crippen molar-refractivity contribution < 1.29 is 22.7 Å². The molecule has 1 aliphatic rings. The number of hydrogen-bond acceptors (Lipinski definition) is 5. The van der Waals surface area contributed by atoms with Crippen molar-refractivity contribution >= 4 is 28.4 Å². The third-order valence-electron chi connectivity index (χ3n) is 6.45. The van der Waals surface area contributed by atoms with Crippen LogP contribution in [-0.4, -0.2) is 39.2 Å². The zero-order chi connectivity index (χ0) is 27.8. The first-order chi connectivity index (χ1) is 17.9. The molecule has 1 atom stereocenters. The SMILES string of the molecule is C[C@@H](Nc1ccnc2c1cc(C1=CCN(C(=O)OC(C)(C)C)CC1)c(=O)n2C)c1cccc(C(F)F)c1F. The molecule has 1 aliphatic heterocycles. The van der Waals surface area contributed by atoms with Crippen LogP contribution in [0.5, 0.6) is 0 Å². The van der Waals surface area contributed by atoms with Crippen molar-refractivity contribution in [3.05, 3.63) is 75.5 Å². The van der Waals surface area contributed by atoms with Crippen LogP contribution in [0.2, 0.25) is 0 Å². The summed E-state index contributed by atoms with van der Waals surface area (Å²) in [6.45, 7) is 7.80. The lowest BCUT2D eigenvalue weighted by atomic mass is 9.99. The number of amides is 1. The fraction of sp³-hybridized carbons (Fsp3) is 0.393. The fourth-order valence-electron chi connectivity index (χ4n) is 4.50. The second-order valence-corrected chi connectivity index (χ2v) is 10.3. The van der Waals surface area contributed by atoms with Gasteiger partial charge in [-0.1, -0.05) is 24.3 Å². The maximum Gasteiger partial charge on any atom is 0.410 e. The largest absolute Gasteiger partial charge is 0.444 e. The molecule has 202 valence electrons. The van der Waals surface area contributed by atoms with Gasteiger partial charge < -0.3 is 15.0 Å². The molecule has 0 saturated heterocycles. The summed E-state index contributed by atoms with van der Waals surface area (Å²) in [5.74, 6) is -0.948. The standard InChI is InChI=1S/C28H31F3N4O3/c1-16(18-7-6-8-19(23(18)29)24(30)31)33-22-9-12-32-25-21(22)15-20(26(36)34(25)5)17-10-13-35(14-11-17)27(37)38-28(2,3)4/h6-10,12,15-16,24H,11,13-14H2,1-5H3,(H,32,33)/t16-/m1/s1. The second-order valence-electron chi connectivity index (χ2n) is 10.3. The summed E-state index contributed by atoms with van der Waals surface area (Å²) in [4.78, 5) is 31.6. The number of hydrogen-bond donors (Lipinski definition) is 1. The molecular weight excluding hydrogens is 497 g/mol. The highest BCUT2D eigenvalue weighted by molar-refractivity contribution is 5.91. The van der Waals surface area contributed by atoms with Crippen molar-refractivity contribution in [3.8, 4) is 0 Å². The van der Waals surface area contributed by atoms with Crippen LogP contribution in [-0.2, 0) is 11.8 Å². The number of nitrogens with zero attached hydrogens (tertiary/aromatic N) is 3. The number of aryl methyl sites for hydroxylation is 1. The molecule has 38 heavy (non-hydrogen) atoms. The Morgan fingerprint density at radius 2 is 1.89 bits per heavy atom. The van der Waals surface area contributed by atoms with Gasteiger partial charge in [-0.25, -0.2) is 22.9 Å². The van der Waals surface area contributed by atoms with Crippen LogP contribution in [0.4, 0.5) is 23.7 Å². The number of pyridine rings is 2. The van der Waals surface area contributed by atoms with Crippen molar-refractivity contribution in [3.63, 3.8) is 0 Å². The highest BCUT2D eigenvalue weighted by atomic mass is 19.3. The van der Waals surface area contributed by atoms with Crippen LogP contribution in [0.1, 0.15) is 63.3 Å². The van der Waals surface area contributed by atoms with Crippen molar-refractivity contribution in [2.75, 3.05) is 18.4 Å². The molecule has 0 aliphatic carbocycles. The number of carbonyl (C=O) groups excluding carboxylic acids is 1. The molecule has 2 aromatic heterocycles. The lowest BCUT2D eigenvalue weighted by Crippen LogP contribution is -2.39. The Hall–Kier alpha value is -3.82. The van der Waals surface area contributed by atoms with Crippen LogP contribution in [0.3, 0.4) is 0 Å². The molecule has 0 unspecified atom stereocenters. The van der Waals surface area contributed by atoms with Gasteiger partial charge in [0.1, 0.15) is 17.1 Å². The normalized spacial score (nSPS) is 15.0. The average Bonchev–Trinajstić information content (AvgIpc) is 2.85. The Morgan fingerprint density at radius 3 is 2.53 bits per heavy atom. The van der Waals surface area contributed by atoms with Gasteiger partial charge in [-0.2, -0.15) is 0 Å². The topological polar surface area (TPSA) is 76.5 Å². The Labute approximate surface area is 218 Å². The Balaban J connectivity index is 1.67. The summed E-state index contributed by atoms with van der Waals surface area (Å²) in [6, 6.07) is 6.73. The first-order valence-corrected chi connectivity index (χ1v) is 12.4. The van der Waals surface area contributed by atoms with Crippen molar-refractivity contribution in [1.29, 1.82) is 0 Å². The fourth-order valence-corrected chi connectivity index (χ4v) is 4.50. The summed E-state index contributed by atoms with van der Waals surface area (Å²) in [6.07, 6.45) is 0.502. The van der Waals surface area contributed by atoms with E-state index in [-0.39, 0.29) is 11.1 Å². The third kappa shape index (κ3) is 5.54. The summed E-state index contributed by atoms with van der Waals surface area (Å²) in [5.41, 5.74) is 0.886. The molecule has 10 heteroatoms. The summed E-state index contributed by atoms with van der Waals surface area (Å²) in [7, 11) is 1.62. The van der Waals surface area contributed by atoms with Gasteiger partial charge in [-0.15, -0.1) is 0 Å². The molecule has 7 nitrogen and oxygen atoms in total. The average molecular weight is 529 g/mol. The number of halogens is 3. The molecule has 0 saturated carbocycles. The highest BCUT2D eigenvalue weighted by Crippen LogP contribution is 2.32. The number of anilines is 1. The van der Waals surface area contributed by atoms with Crippen molar-refractivity contribution in [2.45, 2.75) is 52.2 Å². The number of nitrogens with one attached hydrogen (secondary N) is 1. The highest BCUT2D eigenvalue weighted by Gasteiger charge is 2.25. The number of carbonyl (C=O) groups is 1. The van der Waals surface area contributed by atoms with Gasteiger partial charge in [0.2, 0.25) is 0 Å². The number of fused-ring (bicyclic) bond motifs is 1. The predicted octanol–water partition coefficient (Wildman–Crippen LogP) is 6.21. The summed E-state index contributed by atoms with van der Waals surface area (Å²) in [5, 5.41) is 3.82. The number of alkyl halides is 2. The van der Waals surface area contributed by atoms with Gasteiger partial charge in [0.05, 0.1) is 11.6 Å². The monoisotopic (exact) mass is 528 g/mol. The zero-order valence-electron chi connectivity index (χ0n) is 22.0. The van der Waals surface area contributed by atoms with E-state index in [4.69, 9.17) is 4.74 Å². The Bertz CT molecular complexity index is 1460. The molecule has 0 radical (unpaired) electrons. The minimum atomic E-state index is -2.92. The zero-order valence-corrected chi connectivity index (χ0v) is 22.0. The summed E-state index contributed by atoms with van der Waals surface area (Å²) >= 11 is 0.